The van der Waals surface area contributed by atoms with Crippen LogP contribution in [0.4, 0.5) is 0 Å². The van der Waals surface area contributed by atoms with Crippen LogP contribution in [0.15, 0.2) is 0 Å². The fraction of sp³-hybridized carbons (Fsp3) is 1.00. The van der Waals surface area contributed by atoms with E-state index in [-0.39, 0.29) is 0 Å². The summed E-state index contributed by atoms with van der Waals surface area (Å²) in [6, 6.07) is 0.689. The van der Waals surface area contributed by atoms with Crippen molar-refractivity contribution in [3.05, 3.63) is 0 Å². The van der Waals surface area contributed by atoms with E-state index in [0.29, 0.717) is 11.5 Å². The minimum Gasteiger partial charge on any atom is -0.381 e. The van der Waals surface area contributed by atoms with Crippen LogP contribution in [-0.4, -0.2) is 64.6 Å². The molecule has 106 valence electrons. The predicted molar refractivity (Wildman–Crippen MR) is 72.9 cm³/mol. The molecule has 0 bridgehead atoms. The molecule has 0 amide bonds. The van der Waals surface area contributed by atoms with Gasteiger partial charge in [-0.1, -0.05) is 0 Å². The minimum atomic E-state index is 0.306. The molecule has 1 atom stereocenters. The van der Waals surface area contributed by atoms with Gasteiger partial charge < -0.3 is 19.7 Å². The van der Waals surface area contributed by atoms with Gasteiger partial charge in [0.05, 0.1) is 6.61 Å². The van der Waals surface area contributed by atoms with Gasteiger partial charge in [-0.25, -0.2) is 0 Å². The van der Waals surface area contributed by atoms with Crippen LogP contribution >= 0.6 is 0 Å². The fourth-order valence-corrected chi connectivity index (χ4v) is 3.39. The van der Waals surface area contributed by atoms with E-state index in [0.717, 1.165) is 39.5 Å². The third kappa shape index (κ3) is 3.67. The lowest BCUT2D eigenvalue weighted by Crippen LogP contribution is -2.50. The molecule has 2 aliphatic heterocycles. The van der Waals surface area contributed by atoms with E-state index in [1.54, 1.807) is 0 Å². The van der Waals surface area contributed by atoms with Crippen LogP contribution in [0.1, 0.15) is 25.7 Å². The zero-order valence-corrected chi connectivity index (χ0v) is 11.9. The quantitative estimate of drug-likeness (QED) is 0.799. The highest BCUT2D eigenvalue weighted by molar-refractivity contribution is 4.88. The topological polar surface area (TPSA) is 33.7 Å². The molecule has 0 aromatic heterocycles. The average molecular weight is 256 g/mol. The van der Waals surface area contributed by atoms with Crippen LogP contribution < -0.4 is 5.32 Å². The van der Waals surface area contributed by atoms with E-state index >= 15 is 0 Å². The van der Waals surface area contributed by atoms with Gasteiger partial charge in [0.1, 0.15) is 0 Å². The normalized spacial score (nSPS) is 30.8. The first kappa shape index (κ1) is 14.3. The summed E-state index contributed by atoms with van der Waals surface area (Å²) in [7, 11) is 4.31. The molecule has 18 heavy (non-hydrogen) atoms. The number of hydrogen-bond acceptors (Lipinski definition) is 4. The van der Waals surface area contributed by atoms with Gasteiger partial charge in [-0.15, -0.1) is 0 Å². The molecule has 0 saturated carbocycles. The van der Waals surface area contributed by atoms with Crippen molar-refractivity contribution in [3.8, 4) is 0 Å². The number of ether oxygens (including phenoxy) is 2. The smallest absolute Gasteiger partial charge is 0.0546 e. The van der Waals surface area contributed by atoms with Gasteiger partial charge in [-0.2, -0.15) is 0 Å². The Morgan fingerprint density at radius 1 is 1.22 bits per heavy atom. The molecular formula is C14H28N2O2. The molecular weight excluding hydrogens is 228 g/mol. The Kier molecular flexibility index (Phi) is 5.42. The van der Waals surface area contributed by atoms with Gasteiger partial charge in [-0.05, 0) is 39.8 Å². The molecule has 2 fully saturated rings. The van der Waals surface area contributed by atoms with Crippen molar-refractivity contribution in [2.75, 3.05) is 53.6 Å². The second-order valence-electron chi connectivity index (χ2n) is 5.95. The number of rotatable bonds is 5. The summed E-state index contributed by atoms with van der Waals surface area (Å²) in [5.74, 6) is 0. The van der Waals surface area contributed by atoms with Crippen molar-refractivity contribution < 1.29 is 9.47 Å². The SMILES string of the molecule is CNCC1(CN(C)C2CCOCC2)CCCOC1. The second-order valence-corrected chi connectivity index (χ2v) is 5.95. The number of hydrogen-bond donors (Lipinski definition) is 1. The van der Waals surface area contributed by atoms with Crippen LogP contribution in [0.5, 0.6) is 0 Å². The van der Waals surface area contributed by atoms with Gasteiger partial charge in [0.2, 0.25) is 0 Å². The highest BCUT2D eigenvalue weighted by atomic mass is 16.5. The van der Waals surface area contributed by atoms with E-state index in [2.05, 4.69) is 17.3 Å². The molecule has 4 nitrogen and oxygen atoms in total. The van der Waals surface area contributed by atoms with Gasteiger partial charge in [0.15, 0.2) is 0 Å². The molecule has 0 aromatic carbocycles. The Balaban J connectivity index is 1.90. The molecule has 1 unspecified atom stereocenters. The molecule has 0 aromatic rings. The van der Waals surface area contributed by atoms with Crippen molar-refractivity contribution in [2.45, 2.75) is 31.7 Å². The van der Waals surface area contributed by atoms with Crippen molar-refractivity contribution in [1.29, 1.82) is 0 Å². The zero-order chi connectivity index (χ0) is 12.8. The lowest BCUT2D eigenvalue weighted by Gasteiger charge is -2.42. The maximum absolute atomic E-state index is 5.73. The maximum atomic E-state index is 5.73. The molecule has 2 heterocycles. The molecule has 0 aliphatic carbocycles. The van der Waals surface area contributed by atoms with E-state index in [4.69, 9.17) is 9.47 Å². The third-order valence-corrected chi connectivity index (χ3v) is 4.35. The van der Waals surface area contributed by atoms with Crippen LogP contribution in [0, 0.1) is 5.41 Å². The zero-order valence-electron chi connectivity index (χ0n) is 11.9. The summed E-state index contributed by atoms with van der Waals surface area (Å²) in [6.07, 6.45) is 4.82. The lowest BCUT2D eigenvalue weighted by molar-refractivity contribution is -0.0377. The molecule has 0 spiro atoms. The molecule has 0 radical (unpaired) electrons. The van der Waals surface area contributed by atoms with Gasteiger partial charge in [0, 0.05) is 44.4 Å². The second kappa shape index (κ2) is 6.85. The number of nitrogens with zero attached hydrogens (tertiary/aromatic N) is 1. The van der Waals surface area contributed by atoms with Crippen molar-refractivity contribution in [3.63, 3.8) is 0 Å². The van der Waals surface area contributed by atoms with Gasteiger partial charge in [0.25, 0.3) is 0 Å². The highest BCUT2D eigenvalue weighted by Crippen LogP contribution is 2.30. The first-order valence-electron chi connectivity index (χ1n) is 7.26. The monoisotopic (exact) mass is 256 g/mol. The standard InChI is InChI=1S/C14H28N2O2/c1-15-10-14(6-3-7-18-12-14)11-16(2)13-4-8-17-9-5-13/h13,15H,3-12H2,1-2H3. The Bertz CT molecular complexity index is 230. The summed E-state index contributed by atoms with van der Waals surface area (Å²) in [5, 5.41) is 3.36. The summed E-state index contributed by atoms with van der Waals surface area (Å²) in [5.41, 5.74) is 0.306. The van der Waals surface area contributed by atoms with Crippen molar-refractivity contribution in [2.24, 2.45) is 5.41 Å². The van der Waals surface area contributed by atoms with Crippen LogP contribution in [0.25, 0.3) is 0 Å². The lowest BCUT2D eigenvalue weighted by atomic mass is 9.81. The minimum absolute atomic E-state index is 0.306. The van der Waals surface area contributed by atoms with Crippen LogP contribution in [0.3, 0.4) is 0 Å². The molecule has 2 aliphatic rings. The first-order valence-corrected chi connectivity index (χ1v) is 7.26. The molecule has 2 rings (SSSR count). The van der Waals surface area contributed by atoms with Crippen LogP contribution in [0.2, 0.25) is 0 Å². The summed E-state index contributed by atoms with van der Waals surface area (Å²) < 4.78 is 11.2. The van der Waals surface area contributed by atoms with E-state index < -0.39 is 0 Å². The molecule has 4 heteroatoms. The summed E-state index contributed by atoms with van der Waals surface area (Å²) in [4.78, 5) is 2.54. The molecule has 1 N–H and O–H groups in total. The van der Waals surface area contributed by atoms with E-state index in [9.17, 15) is 0 Å². The Morgan fingerprint density at radius 3 is 2.61 bits per heavy atom. The Labute approximate surface area is 111 Å². The van der Waals surface area contributed by atoms with Crippen molar-refractivity contribution in [1.82, 2.24) is 10.2 Å². The first-order chi connectivity index (χ1) is 8.76. The van der Waals surface area contributed by atoms with Crippen LogP contribution in [-0.2, 0) is 9.47 Å². The average Bonchev–Trinajstić information content (AvgIpc) is 2.41. The maximum Gasteiger partial charge on any atom is 0.0546 e. The van der Waals surface area contributed by atoms with E-state index in [1.165, 1.54) is 25.7 Å². The largest absolute Gasteiger partial charge is 0.381 e. The molecule has 2 saturated heterocycles. The number of nitrogens with one attached hydrogen (secondary N) is 1. The Hall–Kier alpha value is -0.160. The third-order valence-electron chi connectivity index (χ3n) is 4.35. The summed E-state index contributed by atoms with van der Waals surface area (Å²) in [6.45, 7) is 5.88. The fourth-order valence-electron chi connectivity index (χ4n) is 3.39. The summed E-state index contributed by atoms with van der Waals surface area (Å²) >= 11 is 0. The Morgan fingerprint density at radius 2 is 2.00 bits per heavy atom. The van der Waals surface area contributed by atoms with E-state index in [1.807, 2.05) is 7.05 Å². The van der Waals surface area contributed by atoms with Crippen molar-refractivity contribution >= 4 is 0 Å². The predicted octanol–water partition coefficient (Wildman–Crippen LogP) is 1.11. The van der Waals surface area contributed by atoms with Gasteiger partial charge >= 0.3 is 0 Å². The van der Waals surface area contributed by atoms with Gasteiger partial charge in [-0.3, -0.25) is 0 Å². The highest BCUT2D eigenvalue weighted by Gasteiger charge is 2.35.